The number of carbonyl (C=O) groups excluding carboxylic acids is 3. The lowest BCUT2D eigenvalue weighted by molar-refractivity contribution is -0.144. The van der Waals surface area contributed by atoms with Crippen LogP contribution in [0.15, 0.2) is 24.3 Å². The van der Waals surface area contributed by atoms with Gasteiger partial charge in [-0.05, 0) is 45.0 Å². The minimum Gasteiger partial charge on any atom is -0.464 e. The van der Waals surface area contributed by atoms with Crippen molar-refractivity contribution in [3.05, 3.63) is 29.8 Å². The zero-order chi connectivity index (χ0) is 15.1. The molecule has 1 aromatic rings. The molecule has 0 aromatic heterocycles. The number of hydrogen-bond acceptors (Lipinski definition) is 4. The van der Waals surface area contributed by atoms with Crippen LogP contribution in [-0.2, 0) is 9.53 Å². The van der Waals surface area contributed by atoms with E-state index in [4.69, 9.17) is 4.74 Å². The van der Waals surface area contributed by atoms with Gasteiger partial charge >= 0.3 is 12.0 Å². The second-order valence-corrected chi connectivity index (χ2v) is 4.21. The summed E-state index contributed by atoms with van der Waals surface area (Å²) in [5.74, 6) is -0.536. The van der Waals surface area contributed by atoms with Gasteiger partial charge in [-0.25, -0.2) is 9.59 Å². The number of nitrogens with one attached hydrogen (secondary N) is 2. The van der Waals surface area contributed by atoms with E-state index in [0.29, 0.717) is 11.3 Å². The summed E-state index contributed by atoms with van der Waals surface area (Å²) in [6, 6.07) is 5.23. The Kier molecular flexibility index (Phi) is 5.71. The molecule has 108 valence electrons. The summed E-state index contributed by atoms with van der Waals surface area (Å²) in [6.07, 6.45) is 0. The van der Waals surface area contributed by atoms with Crippen LogP contribution >= 0.6 is 0 Å². The Labute approximate surface area is 117 Å². The van der Waals surface area contributed by atoms with E-state index in [9.17, 15) is 14.4 Å². The number of urea groups is 1. The third-order valence-corrected chi connectivity index (χ3v) is 2.54. The van der Waals surface area contributed by atoms with Gasteiger partial charge in [0.25, 0.3) is 0 Å². The number of rotatable bonds is 5. The molecule has 6 nitrogen and oxygen atoms in total. The molecule has 0 saturated carbocycles. The summed E-state index contributed by atoms with van der Waals surface area (Å²) in [6.45, 7) is 4.97. The summed E-state index contributed by atoms with van der Waals surface area (Å²) < 4.78 is 4.78. The molecule has 1 unspecified atom stereocenters. The molecule has 0 bridgehead atoms. The van der Waals surface area contributed by atoms with Gasteiger partial charge in [-0.3, -0.25) is 4.79 Å². The van der Waals surface area contributed by atoms with Crippen LogP contribution in [-0.4, -0.2) is 30.4 Å². The highest BCUT2D eigenvalue weighted by molar-refractivity contribution is 5.96. The predicted octanol–water partition coefficient (Wildman–Crippen LogP) is 1.96. The van der Waals surface area contributed by atoms with Crippen molar-refractivity contribution >= 4 is 23.5 Å². The molecular weight excluding hydrogens is 260 g/mol. The predicted molar refractivity (Wildman–Crippen MR) is 74.7 cm³/mol. The molecule has 0 radical (unpaired) electrons. The van der Waals surface area contributed by atoms with Crippen molar-refractivity contribution < 1.29 is 19.1 Å². The van der Waals surface area contributed by atoms with Crippen LogP contribution < -0.4 is 10.6 Å². The molecule has 0 spiro atoms. The third kappa shape index (κ3) is 4.72. The number of Topliss-reactive ketones (excluding diaryl/α,β-unsaturated/α-hetero) is 1. The lowest BCUT2D eigenvalue weighted by Gasteiger charge is -2.13. The van der Waals surface area contributed by atoms with Gasteiger partial charge < -0.3 is 15.4 Å². The average Bonchev–Trinajstić information content (AvgIpc) is 2.39. The van der Waals surface area contributed by atoms with E-state index in [2.05, 4.69) is 10.6 Å². The molecule has 1 aromatic carbocycles. The van der Waals surface area contributed by atoms with E-state index in [0.717, 1.165) is 0 Å². The van der Waals surface area contributed by atoms with E-state index in [1.165, 1.54) is 13.8 Å². The van der Waals surface area contributed by atoms with Crippen molar-refractivity contribution in [2.45, 2.75) is 26.8 Å². The normalized spacial score (nSPS) is 11.3. The molecule has 0 fully saturated rings. The number of anilines is 1. The Morgan fingerprint density at radius 1 is 1.20 bits per heavy atom. The van der Waals surface area contributed by atoms with Crippen LogP contribution in [0, 0.1) is 0 Å². The van der Waals surface area contributed by atoms with Crippen LogP contribution in [0.4, 0.5) is 10.5 Å². The van der Waals surface area contributed by atoms with Gasteiger partial charge in [0.2, 0.25) is 0 Å². The maximum absolute atomic E-state index is 11.7. The van der Waals surface area contributed by atoms with Crippen LogP contribution in [0.2, 0.25) is 0 Å². The summed E-state index contributed by atoms with van der Waals surface area (Å²) in [5.41, 5.74) is 1.10. The zero-order valence-electron chi connectivity index (χ0n) is 11.7. The molecule has 0 saturated heterocycles. The van der Waals surface area contributed by atoms with Gasteiger partial charge in [-0.2, -0.15) is 0 Å². The maximum atomic E-state index is 11.7. The number of hydrogen-bond donors (Lipinski definition) is 2. The first-order valence-corrected chi connectivity index (χ1v) is 6.29. The number of amides is 2. The Morgan fingerprint density at radius 3 is 2.30 bits per heavy atom. The zero-order valence-corrected chi connectivity index (χ0v) is 11.7. The highest BCUT2D eigenvalue weighted by Gasteiger charge is 2.16. The minimum absolute atomic E-state index is 0.0445. The Balaban J connectivity index is 2.54. The van der Waals surface area contributed by atoms with Crippen molar-refractivity contribution in [1.29, 1.82) is 0 Å². The highest BCUT2D eigenvalue weighted by atomic mass is 16.5. The largest absolute Gasteiger partial charge is 0.464 e. The lowest BCUT2D eigenvalue weighted by atomic mass is 10.1. The number of esters is 1. The molecule has 6 heteroatoms. The molecule has 2 N–H and O–H groups in total. The van der Waals surface area contributed by atoms with Gasteiger partial charge in [0.15, 0.2) is 5.78 Å². The SMILES string of the molecule is CCOC(=O)C(C)NC(=O)Nc1ccc(C(C)=O)cc1. The number of ketones is 1. The summed E-state index contributed by atoms with van der Waals surface area (Å²) in [5, 5.41) is 5.03. The van der Waals surface area contributed by atoms with Crippen molar-refractivity contribution in [2.24, 2.45) is 0 Å². The number of carbonyl (C=O) groups is 3. The molecule has 1 atom stereocenters. The van der Waals surface area contributed by atoms with Crippen LogP contribution in [0.3, 0.4) is 0 Å². The molecule has 0 aliphatic rings. The van der Waals surface area contributed by atoms with Crippen LogP contribution in [0.1, 0.15) is 31.1 Å². The molecule has 0 aliphatic carbocycles. The number of benzene rings is 1. The van der Waals surface area contributed by atoms with Crippen molar-refractivity contribution in [3.8, 4) is 0 Å². The van der Waals surface area contributed by atoms with Crippen molar-refractivity contribution in [1.82, 2.24) is 5.32 Å². The molecule has 1 rings (SSSR count). The monoisotopic (exact) mass is 278 g/mol. The number of ether oxygens (including phenoxy) is 1. The van der Waals surface area contributed by atoms with E-state index < -0.39 is 18.0 Å². The van der Waals surface area contributed by atoms with Gasteiger partial charge in [-0.1, -0.05) is 0 Å². The smallest absolute Gasteiger partial charge is 0.328 e. The van der Waals surface area contributed by atoms with E-state index in [1.54, 1.807) is 31.2 Å². The van der Waals surface area contributed by atoms with Gasteiger partial charge in [-0.15, -0.1) is 0 Å². The first-order valence-electron chi connectivity index (χ1n) is 6.29. The molecular formula is C14H18N2O4. The van der Waals surface area contributed by atoms with Gasteiger partial charge in [0.05, 0.1) is 6.61 Å². The maximum Gasteiger partial charge on any atom is 0.328 e. The minimum atomic E-state index is -0.730. The first-order chi connectivity index (χ1) is 9.43. The molecule has 2 amide bonds. The third-order valence-electron chi connectivity index (χ3n) is 2.54. The van der Waals surface area contributed by atoms with Crippen molar-refractivity contribution in [2.75, 3.05) is 11.9 Å². The van der Waals surface area contributed by atoms with Crippen molar-refractivity contribution in [3.63, 3.8) is 0 Å². The van der Waals surface area contributed by atoms with E-state index >= 15 is 0 Å². The summed E-state index contributed by atoms with van der Waals surface area (Å²) in [4.78, 5) is 34.1. The lowest BCUT2D eigenvalue weighted by Crippen LogP contribution is -2.41. The van der Waals surface area contributed by atoms with Crippen LogP contribution in [0.25, 0.3) is 0 Å². The quantitative estimate of drug-likeness (QED) is 0.637. The van der Waals surface area contributed by atoms with Crippen LogP contribution in [0.5, 0.6) is 0 Å². The fourth-order valence-electron chi connectivity index (χ4n) is 1.48. The second kappa shape index (κ2) is 7.28. The van der Waals surface area contributed by atoms with Gasteiger partial charge in [0, 0.05) is 11.3 Å². The fourth-order valence-corrected chi connectivity index (χ4v) is 1.48. The Hall–Kier alpha value is -2.37. The summed E-state index contributed by atoms with van der Waals surface area (Å²) >= 11 is 0. The highest BCUT2D eigenvalue weighted by Crippen LogP contribution is 2.09. The standard InChI is InChI=1S/C14H18N2O4/c1-4-20-13(18)9(2)15-14(19)16-12-7-5-11(6-8-12)10(3)17/h5-9H,4H2,1-3H3,(H2,15,16,19). The average molecular weight is 278 g/mol. The Bertz CT molecular complexity index is 496. The fraction of sp³-hybridized carbons (Fsp3) is 0.357. The molecule has 20 heavy (non-hydrogen) atoms. The summed E-state index contributed by atoms with van der Waals surface area (Å²) in [7, 11) is 0. The molecule has 0 aliphatic heterocycles. The first kappa shape index (κ1) is 15.7. The Morgan fingerprint density at radius 2 is 1.80 bits per heavy atom. The molecule has 0 heterocycles. The van der Waals surface area contributed by atoms with E-state index in [1.807, 2.05) is 0 Å². The topological polar surface area (TPSA) is 84.5 Å². The van der Waals surface area contributed by atoms with E-state index in [-0.39, 0.29) is 12.4 Å². The second-order valence-electron chi connectivity index (χ2n) is 4.21. The van der Waals surface area contributed by atoms with Gasteiger partial charge in [0.1, 0.15) is 6.04 Å².